The van der Waals surface area contributed by atoms with E-state index in [0.717, 1.165) is 43.1 Å². The molecule has 0 radical (unpaired) electrons. The highest BCUT2D eigenvalue weighted by atomic mass is 32.1. The van der Waals surface area contributed by atoms with Crippen molar-refractivity contribution in [2.45, 2.75) is 11.7 Å². The third kappa shape index (κ3) is 4.99. The van der Waals surface area contributed by atoms with Gasteiger partial charge in [-0.15, -0.1) is 0 Å². The van der Waals surface area contributed by atoms with E-state index in [-0.39, 0.29) is 11.3 Å². The van der Waals surface area contributed by atoms with Gasteiger partial charge < -0.3 is 19.6 Å². The fourth-order valence-electron chi connectivity index (χ4n) is 3.32. The summed E-state index contributed by atoms with van der Waals surface area (Å²) in [5.74, 6) is 1.31. The molecular formula is C20H24N6O2S. The number of hydrogen-bond acceptors (Lipinski definition) is 6. The zero-order chi connectivity index (χ0) is 20.1. The van der Waals surface area contributed by atoms with Crippen molar-refractivity contribution in [1.29, 1.82) is 0 Å². The van der Waals surface area contributed by atoms with Crippen LogP contribution in [0, 0.1) is 0 Å². The molecule has 9 heteroatoms. The Balaban J connectivity index is 1.24. The van der Waals surface area contributed by atoms with Crippen LogP contribution in [-0.4, -0.2) is 68.6 Å². The molecule has 4 rings (SSSR count). The van der Waals surface area contributed by atoms with Gasteiger partial charge >= 0.3 is 6.09 Å². The number of nitrogens with one attached hydrogen (secondary N) is 2. The predicted octanol–water partition coefficient (Wildman–Crippen LogP) is 2.51. The number of thiol groups is 1. The number of amides is 1. The molecule has 1 aromatic carbocycles. The van der Waals surface area contributed by atoms with Crippen molar-refractivity contribution in [2.24, 2.45) is 0 Å². The number of aromatic nitrogens is 4. The second-order valence-corrected chi connectivity index (χ2v) is 7.47. The second-order valence-electron chi connectivity index (χ2n) is 6.95. The minimum Gasteiger partial charge on any atom is -0.410 e. The lowest BCUT2D eigenvalue weighted by Crippen LogP contribution is -2.49. The Morgan fingerprint density at radius 1 is 1.17 bits per heavy atom. The summed E-state index contributed by atoms with van der Waals surface area (Å²) in [6, 6.07) is 7.38. The van der Waals surface area contributed by atoms with Gasteiger partial charge in [0.05, 0.1) is 17.3 Å². The van der Waals surface area contributed by atoms with Crippen LogP contribution < -0.4 is 4.74 Å². The second kappa shape index (κ2) is 9.15. The van der Waals surface area contributed by atoms with E-state index in [4.69, 9.17) is 4.74 Å². The van der Waals surface area contributed by atoms with E-state index in [1.54, 1.807) is 35.8 Å². The average Bonchev–Trinajstić information content (AvgIpc) is 3.47. The molecular weight excluding hydrogens is 388 g/mol. The fraction of sp³-hybridized carbons (Fsp3) is 0.350. The maximum atomic E-state index is 12.5. The average molecular weight is 413 g/mol. The van der Waals surface area contributed by atoms with Gasteiger partial charge in [0.25, 0.3) is 0 Å². The highest BCUT2D eigenvalue weighted by Crippen LogP contribution is 2.27. The van der Waals surface area contributed by atoms with Gasteiger partial charge in [0.15, 0.2) is 0 Å². The van der Waals surface area contributed by atoms with Crippen LogP contribution in [-0.2, 0) is 6.42 Å². The Morgan fingerprint density at radius 2 is 1.97 bits per heavy atom. The molecule has 8 nitrogen and oxygen atoms in total. The van der Waals surface area contributed by atoms with Gasteiger partial charge in [-0.25, -0.2) is 14.8 Å². The van der Waals surface area contributed by atoms with Crippen molar-refractivity contribution in [3.8, 4) is 5.75 Å². The number of benzene rings is 1. The molecule has 152 valence electrons. The molecule has 2 N–H and O–H groups in total. The zero-order valence-electron chi connectivity index (χ0n) is 16.0. The smallest absolute Gasteiger partial charge is 0.410 e. The molecule has 1 amide bonds. The van der Waals surface area contributed by atoms with Gasteiger partial charge in [-0.05, 0) is 17.7 Å². The molecule has 3 aromatic rings. The first-order chi connectivity index (χ1) is 14.2. The third-order valence-electron chi connectivity index (χ3n) is 5.05. The van der Waals surface area contributed by atoms with Crippen molar-refractivity contribution < 1.29 is 9.53 Å². The van der Waals surface area contributed by atoms with Crippen LogP contribution in [0.2, 0.25) is 0 Å². The van der Waals surface area contributed by atoms with Crippen molar-refractivity contribution in [3.63, 3.8) is 0 Å². The molecule has 1 fully saturated rings. The minimum absolute atomic E-state index is 0.149. The SMILES string of the molecule is O=C(Oc1ccc(C(S)c2ncc[nH]2)cc1)N1CCN(CCc2c[nH]cn2)CC1. The maximum absolute atomic E-state index is 12.5. The first-order valence-corrected chi connectivity index (χ1v) is 10.1. The highest BCUT2D eigenvalue weighted by Gasteiger charge is 2.22. The number of hydrogen-bond donors (Lipinski definition) is 3. The van der Waals surface area contributed by atoms with E-state index in [9.17, 15) is 4.79 Å². The molecule has 0 saturated carbocycles. The fourth-order valence-corrected chi connectivity index (χ4v) is 3.64. The van der Waals surface area contributed by atoms with E-state index in [1.165, 1.54) is 0 Å². The molecule has 0 bridgehead atoms. The Kier molecular flexibility index (Phi) is 6.16. The summed E-state index contributed by atoms with van der Waals surface area (Å²) in [4.78, 5) is 31.1. The summed E-state index contributed by atoms with van der Waals surface area (Å²) in [6.07, 6.45) is 7.69. The van der Waals surface area contributed by atoms with Crippen LogP contribution in [0.5, 0.6) is 5.75 Å². The summed E-state index contributed by atoms with van der Waals surface area (Å²) in [5.41, 5.74) is 2.04. The van der Waals surface area contributed by atoms with E-state index < -0.39 is 0 Å². The summed E-state index contributed by atoms with van der Waals surface area (Å²) >= 11 is 4.59. The van der Waals surface area contributed by atoms with Crippen LogP contribution >= 0.6 is 12.6 Å². The van der Waals surface area contributed by atoms with Crippen molar-refractivity contribution in [2.75, 3.05) is 32.7 Å². The predicted molar refractivity (Wildman–Crippen MR) is 112 cm³/mol. The summed E-state index contributed by atoms with van der Waals surface area (Å²) in [7, 11) is 0. The molecule has 1 atom stereocenters. The topological polar surface area (TPSA) is 90.1 Å². The third-order valence-corrected chi connectivity index (χ3v) is 5.59. The van der Waals surface area contributed by atoms with E-state index in [0.29, 0.717) is 18.8 Å². The monoisotopic (exact) mass is 412 g/mol. The molecule has 3 heterocycles. The lowest BCUT2D eigenvalue weighted by atomic mass is 10.1. The number of nitrogens with zero attached hydrogens (tertiary/aromatic N) is 4. The molecule has 1 saturated heterocycles. The van der Waals surface area contributed by atoms with Crippen LogP contribution in [0.25, 0.3) is 0 Å². The number of ether oxygens (including phenoxy) is 1. The van der Waals surface area contributed by atoms with Gasteiger partial charge in [0.1, 0.15) is 11.6 Å². The number of piperazine rings is 1. The molecule has 29 heavy (non-hydrogen) atoms. The van der Waals surface area contributed by atoms with E-state index in [1.807, 2.05) is 18.3 Å². The number of imidazole rings is 2. The lowest BCUT2D eigenvalue weighted by molar-refractivity contribution is 0.111. The van der Waals surface area contributed by atoms with Crippen LogP contribution in [0.1, 0.15) is 22.3 Å². The molecule has 0 aliphatic carbocycles. The number of rotatable bonds is 6. The number of aromatic amines is 2. The Morgan fingerprint density at radius 3 is 2.62 bits per heavy atom. The quantitative estimate of drug-likeness (QED) is 0.541. The van der Waals surface area contributed by atoms with Crippen LogP contribution in [0.4, 0.5) is 4.79 Å². The van der Waals surface area contributed by atoms with Crippen molar-refractivity contribution in [3.05, 3.63) is 66.3 Å². The Bertz CT molecular complexity index is 890. The normalized spacial score (nSPS) is 16.0. The van der Waals surface area contributed by atoms with Crippen molar-refractivity contribution >= 4 is 18.7 Å². The first kappa shape index (κ1) is 19.5. The highest BCUT2D eigenvalue weighted by molar-refractivity contribution is 7.80. The zero-order valence-corrected chi connectivity index (χ0v) is 16.9. The van der Waals surface area contributed by atoms with Gasteiger partial charge in [-0.2, -0.15) is 12.6 Å². The van der Waals surface area contributed by atoms with Gasteiger partial charge in [0, 0.05) is 57.7 Å². The van der Waals surface area contributed by atoms with Crippen molar-refractivity contribution in [1.82, 2.24) is 29.7 Å². The molecule has 0 spiro atoms. The summed E-state index contributed by atoms with van der Waals surface area (Å²) < 4.78 is 5.54. The summed E-state index contributed by atoms with van der Waals surface area (Å²) in [6.45, 7) is 3.94. The molecule has 1 aliphatic heterocycles. The standard InChI is InChI=1S/C20H24N6O2S/c27-20(26-11-9-25(10-12-26)8-5-16-13-21-14-24-16)28-17-3-1-15(2-4-17)18(29)19-22-6-7-23-19/h1-4,6-7,13-14,18,29H,5,8-12H2,(H,21,24)(H,22,23). The lowest BCUT2D eigenvalue weighted by Gasteiger charge is -2.33. The largest absolute Gasteiger partial charge is 0.415 e. The van der Waals surface area contributed by atoms with Crippen LogP contribution in [0.3, 0.4) is 0 Å². The maximum Gasteiger partial charge on any atom is 0.415 e. The Hall–Kier alpha value is -2.78. The molecule has 1 unspecified atom stereocenters. The number of H-pyrrole nitrogens is 2. The van der Waals surface area contributed by atoms with Crippen LogP contribution in [0.15, 0.2) is 49.2 Å². The Labute approximate surface area is 174 Å². The minimum atomic E-state index is -0.307. The molecule has 1 aliphatic rings. The number of carbonyl (C=O) groups is 1. The van der Waals surface area contributed by atoms with Gasteiger partial charge in [-0.3, -0.25) is 4.90 Å². The first-order valence-electron chi connectivity index (χ1n) is 9.63. The van der Waals surface area contributed by atoms with E-state index in [2.05, 4.69) is 37.5 Å². The number of carbonyl (C=O) groups excluding carboxylic acids is 1. The van der Waals surface area contributed by atoms with Gasteiger partial charge in [-0.1, -0.05) is 12.1 Å². The van der Waals surface area contributed by atoms with Gasteiger partial charge in [0.2, 0.25) is 0 Å². The summed E-state index contributed by atoms with van der Waals surface area (Å²) in [5, 5.41) is -0.149. The molecule has 2 aromatic heterocycles. The van der Waals surface area contributed by atoms with E-state index >= 15 is 0 Å².